The third-order valence-electron chi connectivity index (χ3n) is 2.47. The van der Waals surface area contributed by atoms with Gasteiger partial charge in [0.05, 0.1) is 0 Å². The maximum atomic E-state index is 6.04. The molecular weight excluding hydrogens is 181 g/mol. The van der Waals surface area contributed by atoms with Gasteiger partial charge in [0.25, 0.3) is 0 Å². The Morgan fingerprint density at radius 1 is 1.18 bits per heavy atom. The van der Waals surface area contributed by atoms with Crippen LogP contribution in [-0.2, 0) is 0 Å². The van der Waals surface area contributed by atoms with Gasteiger partial charge in [-0.1, -0.05) is 42.5 Å². The Morgan fingerprint density at radius 2 is 1.73 bits per heavy atom. The lowest BCUT2D eigenvalue weighted by Crippen LogP contribution is -2.35. The molecule has 1 fully saturated rings. The smallest absolute Gasteiger partial charge is 0.133 e. The van der Waals surface area contributed by atoms with Crippen LogP contribution in [0.2, 0.25) is 0 Å². The van der Waals surface area contributed by atoms with Gasteiger partial charge in [-0.15, -0.1) is 0 Å². The van der Waals surface area contributed by atoms with Gasteiger partial charge in [0.2, 0.25) is 0 Å². The molecule has 2 N–H and O–H groups in total. The van der Waals surface area contributed by atoms with Crippen molar-refractivity contribution in [2.24, 2.45) is 11.7 Å². The van der Waals surface area contributed by atoms with Crippen molar-refractivity contribution in [3.8, 4) is 0 Å². The number of hydrogen-bond acceptors (Lipinski definition) is 1. The Labute approximate surface area is 78.2 Å². The molecule has 1 saturated carbocycles. The monoisotopic (exact) mass is 195 g/mol. The lowest BCUT2D eigenvalue weighted by Gasteiger charge is -2.31. The molecule has 66 valence electrons. The highest BCUT2D eigenvalue weighted by Crippen LogP contribution is 2.39. The third-order valence-corrected chi connectivity index (χ3v) is 3.40. The Balaban J connectivity index is 2.43. The van der Waals surface area contributed by atoms with Gasteiger partial charge in [-0.05, 0) is 18.8 Å². The van der Waals surface area contributed by atoms with E-state index in [1.54, 1.807) is 0 Å². The largest absolute Gasteiger partial charge is 0.328 e. The average molecular weight is 196 g/mol. The van der Waals surface area contributed by atoms with Gasteiger partial charge >= 0.3 is 0 Å². The molecule has 0 spiro atoms. The van der Waals surface area contributed by atoms with Crippen LogP contribution in [0.1, 0.15) is 32.1 Å². The van der Waals surface area contributed by atoms with Crippen molar-refractivity contribution in [1.82, 2.24) is 0 Å². The van der Waals surface area contributed by atoms with Crippen LogP contribution in [0.5, 0.6) is 0 Å². The molecule has 0 heterocycles. The van der Waals surface area contributed by atoms with Crippen LogP contribution in [0.15, 0.2) is 0 Å². The minimum absolute atomic E-state index is 0.376. The SMILES string of the molecule is NCC(Cl)(Cl)C1CCCCC1. The van der Waals surface area contributed by atoms with Gasteiger partial charge in [-0.2, -0.15) is 0 Å². The topological polar surface area (TPSA) is 26.0 Å². The Bertz CT molecular complexity index is 119. The third kappa shape index (κ3) is 2.50. The van der Waals surface area contributed by atoms with Crippen LogP contribution in [0.3, 0.4) is 0 Å². The van der Waals surface area contributed by atoms with Crippen LogP contribution in [0.4, 0.5) is 0 Å². The molecule has 0 unspecified atom stereocenters. The van der Waals surface area contributed by atoms with Crippen molar-refractivity contribution < 1.29 is 0 Å². The molecule has 0 aromatic heterocycles. The summed E-state index contributed by atoms with van der Waals surface area (Å²) < 4.78 is -0.666. The summed E-state index contributed by atoms with van der Waals surface area (Å²) in [7, 11) is 0. The first-order valence-corrected chi connectivity index (χ1v) is 5.00. The summed E-state index contributed by atoms with van der Waals surface area (Å²) in [6.45, 7) is 0.376. The predicted octanol–water partition coefficient (Wildman–Crippen LogP) is 2.70. The van der Waals surface area contributed by atoms with E-state index in [-0.39, 0.29) is 0 Å². The zero-order chi connectivity index (χ0) is 8.32. The summed E-state index contributed by atoms with van der Waals surface area (Å²) in [5.74, 6) is 0.421. The zero-order valence-corrected chi connectivity index (χ0v) is 8.17. The molecule has 0 radical (unpaired) electrons. The summed E-state index contributed by atoms with van der Waals surface area (Å²) in [4.78, 5) is 0. The molecule has 0 aromatic carbocycles. The van der Waals surface area contributed by atoms with E-state index in [0.717, 1.165) is 12.8 Å². The molecule has 1 rings (SSSR count). The molecule has 1 nitrogen and oxygen atoms in total. The molecule has 1 aliphatic carbocycles. The first kappa shape index (κ1) is 9.63. The first-order chi connectivity index (χ1) is 5.17. The Kier molecular flexibility index (Phi) is 3.48. The number of nitrogens with two attached hydrogens (primary N) is 1. The fourth-order valence-electron chi connectivity index (χ4n) is 1.69. The second kappa shape index (κ2) is 3.97. The predicted molar refractivity (Wildman–Crippen MR) is 50.1 cm³/mol. The second-order valence-electron chi connectivity index (χ2n) is 3.30. The van der Waals surface area contributed by atoms with Crippen molar-refractivity contribution in [1.29, 1.82) is 0 Å². The molecule has 1 aliphatic rings. The number of hydrogen-bond donors (Lipinski definition) is 1. The summed E-state index contributed by atoms with van der Waals surface area (Å²) in [5.41, 5.74) is 5.47. The average Bonchev–Trinajstić information content (AvgIpc) is 2.06. The molecule has 11 heavy (non-hydrogen) atoms. The minimum atomic E-state index is -0.666. The molecule has 0 amide bonds. The van der Waals surface area contributed by atoms with Crippen molar-refractivity contribution in [3.63, 3.8) is 0 Å². The standard InChI is InChI=1S/C8H15Cl2N/c9-8(10,6-11)7-4-2-1-3-5-7/h7H,1-6,11H2. The molecule has 0 atom stereocenters. The molecule has 0 aromatic rings. The second-order valence-corrected chi connectivity index (χ2v) is 4.84. The minimum Gasteiger partial charge on any atom is -0.328 e. The van der Waals surface area contributed by atoms with Gasteiger partial charge in [0.15, 0.2) is 0 Å². The van der Waals surface area contributed by atoms with Crippen LogP contribution >= 0.6 is 23.2 Å². The van der Waals surface area contributed by atoms with Crippen LogP contribution < -0.4 is 5.73 Å². The van der Waals surface area contributed by atoms with Gasteiger partial charge < -0.3 is 5.73 Å². The van der Waals surface area contributed by atoms with Gasteiger partial charge in [-0.3, -0.25) is 0 Å². The highest BCUT2D eigenvalue weighted by atomic mass is 35.5. The normalized spacial score (nSPS) is 22.1. The quantitative estimate of drug-likeness (QED) is 0.675. The van der Waals surface area contributed by atoms with Crippen molar-refractivity contribution in [3.05, 3.63) is 0 Å². The fraction of sp³-hybridized carbons (Fsp3) is 1.00. The van der Waals surface area contributed by atoms with E-state index in [2.05, 4.69) is 0 Å². The molecular formula is C8H15Cl2N. The maximum absolute atomic E-state index is 6.04. The lowest BCUT2D eigenvalue weighted by molar-refractivity contribution is 0.328. The molecule has 0 aliphatic heterocycles. The van der Waals surface area contributed by atoms with E-state index in [1.807, 2.05) is 0 Å². The maximum Gasteiger partial charge on any atom is 0.133 e. The van der Waals surface area contributed by atoms with Crippen LogP contribution in [0, 0.1) is 5.92 Å². The fourth-order valence-corrected chi connectivity index (χ4v) is 2.13. The van der Waals surface area contributed by atoms with Gasteiger partial charge in [-0.25, -0.2) is 0 Å². The Hall–Kier alpha value is 0.540. The van der Waals surface area contributed by atoms with E-state index in [4.69, 9.17) is 28.9 Å². The van der Waals surface area contributed by atoms with Crippen LogP contribution in [-0.4, -0.2) is 10.9 Å². The highest BCUT2D eigenvalue weighted by Gasteiger charge is 2.33. The van der Waals surface area contributed by atoms with Crippen molar-refractivity contribution in [2.75, 3.05) is 6.54 Å². The summed E-state index contributed by atoms with van der Waals surface area (Å²) in [6.07, 6.45) is 6.12. The highest BCUT2D eigenvalue weighted by molar-refractivity contribution is 6.48. The number of rotatable bonds is 2. The number of alkyl halides is 2. The summed E-state index contributed by atoms with van der Waals surface area (Å²) in [6, 6.07) is 0. The molecule has 0 bridgehead atoms. The van der Waals surface area contributed by atoms with Crippen molar-refractivity contribution in [2.45, 2.75) is 36.4 Å². The van der Waals surface area contributed by atoms with Gasteiger partial charge in [0, 0.05) is 6.54 Å². The van der Waals surface area contributed by atoms with Crippen LogP contribution in [0.25, 0.3) is 0 Å². The van der Waals surface area contributed by atoms with E-state index in [0.29, 0.717) is 12.5 Å². The summed E-state index contributed by atoms with van der Waals surface area (Å²) >= 11 is 12.1. The number of halogens is 2. The van der Waals surface area contributed by atoms with E-state index in [9.17, 15) is 0 Å². The molecule has 3 heteroatoms. The van der Waals surface area contributed by atoms with E-state index >= 15 is 0 Å². The first-order valence-electron chi connectivity index (χ1n) is 4.24. The van der Waals surface area contributed by atoms with Gasteiger partial charge in [0.1, 0.15) is 4.33 Å². The van der Waals surface area contributed by atoms with E-state index < -0.39 is 4.33 Å². The zero-order valence-electron chi connectivity index (χ0n) is 6.65. The summed E-state index contributed by atoms with van der Waals surface area (Å²) in [5, 5.41) is 0. The van der Waals surface area contributed by atoms with E-state index in [1.165, 1.54) is 19.3 Å². The lowest BCUT2D eigenvalue weighted by atomic mass is 9.86. The van der Waals surface area contributed by atoms with Crippen molar-refractivity contribution >= 4 is 23.2 Å². The molecule has 0 saturated heterocycles. The Morgan fingerprint density at radius 3 is 2.18 bits per heavy atom.